The molecule has 1 amide bonds. The molecule has 1 aromatic carbocycles. The molecule has 0 saturated carbocycles. The van der Waals surface area contributed by atoms with Crippen molar-refractivity contribution in [3.8, 4) is 11.8 Å². The minimum Gasteiger partial charge on any atom is -0.449 e. The Bertz CT molecular complexity index is 1410. The third kappa shape index (κ3) is 3.99. The molecule has 3 heterocycles. The van der Waals surface area contributed by atoms with Gasteiger partial charge < -0.3 is 20.2 Å². The van der Waals surface area contributed by atoms with Crippen molar-refractivity contribution in [1.82, 2.24) is 15.0 Å². The first-order valence-corrected chi connectivity index (χ1v) is 11.3. The second-order valence-electron chi connectivity index (χ2n) is 6.80. The maximum absolute atomic E-state index is 11.8. The number of ether oxygens (including phenoxy) is 1. The molecule has 0 saturated heterocycles. The van der Waals surface area contributed by atoms with Crippen LogP contribution in [0.15, 0.2) is 46.1 Å². The Balaban J connectivity index is 1.78. The number of fused-ring (bicyclic) bond motifs is 3. The van der Waals surface area contributed by atoms with Crippen LogP contribution < -0.4 is 15.8 Å². The summed E-state index contributed by atoms with van der Waals surface area (Å²) in [7, 11) is -3.57. The predicted molar refractivity (Wildman–Crippen MR) is 114 cm³/mol. The highest BCUT2D eigenvalue weighted by molar-refractivity contribution is 7.90. The van der Waals surface area contributed by atoms with Gasteiger partial charge in [0.05, 0.1) is 16.6 Å². The fraction of sp³-hybridized carbons (Fsp3) is 0.200. The van der Waals surface area contributed by atoms with Crippen LogP contribution in [0, 0.1) is 0 Å². The van der Waals surface area contributed by atoms with Gasteiger partial charge in [-0.05, 0) is 24.6 Å². The third-order valence-corrected chi connectivity index (χ3v) is 5.28. The summed E-state index contributed by atoms with van der Waals surface area (Å²) < 4.78 is 34.6. The van der Waals surface area contributed by atoms with Crippen LogP contribution in [-0.2, 0) is 9.84 Å². The van der Waals surface area contributed by atoms with Gasteiger partial charge in [-0.3, -0.25) is 4.79 Å². The normalized spacial score (nSPS) is 11.7. The van der Waals surface area contributed by atoms with Crippen LogP contribution >= 0.6 is 0 Å². The Kier molecular flexibility index (Phi) is 5.19. The van der Waals surface area contributed by atoms with Crippen LogP contribution in [0.2, 0.25) is 0 Å². The minimum absolute atomic E-state index is 0.0491. The van der Waals surface area contributed by atoms with Crippen molar-refractivity contribution in [2.24, 2.45) is 5.73 Å². The van der Waals surface area contributed by atoms with Crippen molar-refractivity contribution in [3.05, 3.63) is 42.3 Å². The van der Waals surface area contributed by atoms with E-state index in [4.69, 9.17) is 14.9 Å². The first kappa shape index (κ1) is 20.5. The predicted octanol–water partition coefficient (Wildman–Crippen LogP) is 2.89. The van der Waals surface area contributed by atoms with Crippen molar-refractivity contribution >= 4 is 43.3 Å². The molecule has 31 heavy (non-hydrogen) atoms. The molecular formula is C20H19N5O5S. The number of benzene rings is 1. The van der Waals surface area contributed by atoms with E-state index in [1.807, 2.05) is 6.92 Å². The quantitative estimate of drug-likeness (QED) is 0.412. The Morgan fingerprint density at radius 3 is 2.65 bits per heavy atom. The number of anilines is 1. The average Bonchev–Trinajstić information content (AvgIpc) is 3.11. The van der Waals surface area contributed by atoms with Gasteiger partial charge >= 0.3 is 0 Å². The van der Waals surface area contributed by atoms with E-state index in [-0.39, 0.29) is 22.7 Å². The van der Waals surface area contributed by atoms with E-state index >= 15 is 0 Å². The van der Waals surface area contributed by atoms with Gasteiger partial charge in [0.25, 0.3) is 5.91 Å². The molecule has 0 fully saturated rings. The van der Waals surface area contributed by atoms with Gasteiger partial charge in [-0.2, -0.15) is 4.98 Å². The van der Waals surface area contributed by atoms with Crippen molar-refractivity contribution in [1.29, 1.82) is 0 Å². The molecular weight excluding hydrogens is 422 g/mol. The number of nitrogens with two attached hydrogens (primary N) is 1. The standard InChI is InChI=1S/C20H19N5O5S/c1-3-9-22-17-16-11-4-7-14(30-15-8-10-23-20(25-15)31(2,27)28)24-12(11)5-6-13(16)29-18(17)19(21)26/h4-8,10,22H,3,9H2,1-2H3,(H2,21,26). The van der Waals surface area contributed by atoms with Crippen LogP contribution in [-0.4, -0.2) is 42.1 Å². The number of nitrogens with zero attached hydrogens (tertiary/aromatic N) is 3. The van der Waals surface area contributed by atoms with Gasteiger partial charge in [0, 0.05) is 36.5 Å². The number of carbonyl (C=O) groups excluding carboxylic acids is 1. The van der Waals surface area contributed by atoms with Crippen LogP contribution in [0.5, 0.6) is 11.8 Å². The van der Waals surface area contributed by atoms with E-state index in [9.17, 15) is 13.2 Å². The van der Waals surface area contributed by atoms with Gasteiger partial charge in [-0.15, -0.1) is 0 Å². The number of hydrogen-bond donors (Lipinski definition) is 2. The Hall–Kier alpha value is -3.73. The molecule has 0 spiro atoms. The average molecular weight is 441 g/mol. The molecule has 160 valence electrons. The van der Waals surface area contributed by atoms with E-state index in [1.54, 1.807) is 24.3 Å². The number of aromatic nitrogens is 3. The molecule has 4 aromatic rings. The number of carbonyl (C=O) groups is 1. The first-order valence-electron chi connectivity index (χ1n) is 9.39. The van der Waals surface area contributed by atoms with Crippen molar-refractivity contribution in [3.63, 3.8) is 0 Å². The van der Waals surface area contributed by atoms with E-state index in [0.717, 1.165) is 18.1 Å². The lowest BCUT2D eigenvalue weighted by Gasteiger charge is -2.08. The lowest BCUT2D eigenvalue weighted by Crippen LogP contribution is -2.13. The summed E-state index contributed by atoms with van der Waals surface area (Å²) in [6, 6.07) is 8.25. The number of nitrogens with one attached hydrogen (secondary N) is 1. The van der Waals surface area contributed by atoms with Crippen molar-refractivity contribution < 1.29 is 22.4 Å². The van der Waals surface area contributed by atoms with Gasteiger partial charge in [-0.25, -0.2) is 18.4 Å². The number of amides is 1. The molecule has 0 bridgehead atoms. The van der Waals surface area contributed by atoms with E-state index < -0.39 is 15.7 Å². The first-order chi connectivity index (χ1) is 14.8. The number of furan rings is 1. The van der Waals surface area contributed by atoms with Crippen LogP contribution in [0.4, 0.5) is 5.69 Å². The van der Waals surface area contributed by atoms with Crippen LogP contribution in [0.1, 0.15) is 23.9 Å². The Labute approximate surface area is 177 Å². The fourth-order valence-corrected chi connectivity index (χ4v) is 3.61. The summed E-state index contributed by atoms with van der Waals surface area (Å²) >= 11 is 0. The van der Waals surface area contributed by atoms with Crippen molar-refractivity contribution in [2.75, 3.05) is 18.1 Å². The number of rotatable bonds is 7. The Morgan fingerprint density at radius 1 is 1.16 bits per heavy atom. The topological polar surface area (TPSA) is 150 Å². The molecule has 0 aliphatic heterocycles. The molecule has 0 aliphatic rings. The van der Waals surface area contributed by atoms with E-state index in [1.165, 1.54) is 12.3 Å². The highest BCUT2D eigenvalue weighted by Gasteiger charge is 2.21. The smallest absolute Gasteiger partial charge is 0.286 e. The largest absolute Gasteiger partial charge is 0.449 e. The highest BCUT2D eigenvalue weighted by atomic mass is 32.2. The van der Waals surface area contributed by atoms with Crippen LogP contribution in [0.25, 0.3) is 21.9 Å². The molecule has 10 nitrogen and oxygen atoms in total. The van der Waals surface area contributed by atoms with E-state index in [2.05, 4.69) is 20.3 Å². The van der Waals surface area contributed by atoms with Crippen LogP contribution in [0.3, 0.4) is 0 Å². The number of hydrogen-bond acceptors (Lipinski definition) is 9. The summed E-state index contributed by atoms with van der Waals surface area (Å²) in [4.78, 5) is 23.9. The van der Waals surface area contributed by atoms with E-state index in [0.29, 0.717) is 28.7 Å². The van der Waals surface area contributed by atoms with Gasteiger partial charge in [0.2, 0.25) is 32.5 Å². The zero-order valence-corrected chi connectivity index (χ0v) is 17.6. The summed E-state index contributed by atoms with van der Waals surface area (Å²) in [5.41, 5.74) is 7.10. The lowest BCUT2D eigenvalue weighted by atomic mass is 10.1. The summed E-state index contributed by atoms with van der Waals surface area (Å²) in [5.74, 6) is -0.341. The summed E-state index contributed by atoms with van der Waals surface area (Å²) in [6.45, 7) is 2.64. The molecule has 3 aromatic heterocycles. The maximum atomic E-state index is 11.8. The Morgan fingerprint density at radius 2 is 1.94 bits per heavy atom. The zero-order valence-electron chi connectivity index (χ0n) is 16.7. The monoisotopic (exact) mass is 441 g/mol. The zero-order chi connectivity index (χ0) is 22.2. The maximum Gasteiger partial charge on any atom is 0.286 e. The summed E-state index contributed by atoms with van der Waals surface area (Å²) in [6.07, 6.45) is 3.16. The minimum atomic E-state index is -3.57. The highest BCUT2D eigenvalue weighted by Crippen LogP contribution is 2.37. The van der Waals surface area contributed by atoms with Gasteiger partial charge in [0.1, 0.15) is 5.58 Å². The van der Waals surface area contributed by atoms with Gasteiger partial charge in [-0.1, -0.05) is 6.92 Å². The van der Waals surface area contributed by atoms with Crippen molar-refractivity contribution in [2.45, 2.75) is 18.5 Å². The molecule has 0 radical (unpaired) electrons. The molecule has 0 unspecified atom stereocenters. The second kappa shape index (κ2) is 7.84. The molecule has 3 N–H and O–H groups in total. The number of pyridine rings is 1. The SMILES string of the molecule is CCCNc1c(C(N)=O)oc2ccc3nc(Oc4ccnc(S(C)(=O)=O)n4)ccc3c12. The number of sulfone groups is 1. The third-order valence-electron chi connectivity index (χ3n) is 4.42. The lowest BCUT2D eigenvalue weighted by molar-refractivity contribution is 0.0977. The number of primary amides is 1. The second-order valence-corrected chi connectivity index (χ2v) is 8.71. The summed E-state index contributed by atoms with van der Waals surface area (Å²) in [5, 5.41) is 4.30. The van der Waals surface area contributed by atoms with Gasteiger partial charge in [0.15, 0.2) is 0 Å². The molecule has 11 heteroatoms. The fourth-order valence-electron chi connectivity index (χ4n) is 3.10. The molecule has 0 atom stereocenters. The molecule has 0 aliphatic carbocycles. The molecule has 4 rings (SSSR count).